The third kappa shape index (κ3) is 3.78. The van der Waals surface area contributed by atoms with Gasteiger partial charge in [0.1, 0.15) is 11.9 Å². The summed E-state index contributed by atoms with van der Waals surface area (Å²) in [4.78, 5) is 25.6. The Morgan fingerprint density at radius 2 is 2.27 bits per heavy atom. The summed E-state index contributed by atoms with van der Waals surface area (Å²) in [6, 6.07) is 1.14. The third-order valence-corrected chi connectivity index (χ3v) is 3.82. The minimum Gasteiger partial charge on any atom is -0.353 e. The first-order valence-corrected chi connectivity index (χ1v) is 7.78. The van der Waals surface area contributed by atoms with E-state index in [4.69, 9.17) is 0 Å². The second-order valence-corrected chi connectivity index (χ2v) is 6.17. The molecule has 1 aromatic heterocycles. The van der Waals surface area contributed by atoms with Crippen molar-refractivity contribution in [3.8, 4) is 0 Å². The number of urea groups is 1. The summed E-state index contributed by atoms with van der Waals surface area (Å²) in [5.74, 6) is 1.13. The van der Waals surface area contributed by atoms with E-state index in [1.165, 1.54) is 0 Å². The average Bonchev–Trinajstić information content (AvgIpc) is 2.79. The van der Waals surface area contributed by atoms with Gasteiger partial charge in [0.05, 0.1) is 5.69 Å². The number of nitrogens with zero attached hydrogens (tertiary/aromatic N) is 3. The molecule has 0 aliphatic carbocycles. The summed E-state index contributed by atoms with van der Waals surface area (Å²) >= 11 is 0. The van der Waals surface area contributed by atoms with E-state index >= 15 is 0 Å². The summed E-state index contributed by atoms with van der Waals surface area (Å²) in [6.07, 6.45) is 0.993. The number of rotatable bonds is 4. The van der Waals surface area contributed by atoms with Crippen molar-refractivity contribution in [3.05, 3.63) is 11.8 Å². The largest absolute Gasteiger partial charge is 0.353 e. The van der Waals surface area contributed by atoms with Crippen molar-refractivity contribution in [1.82, 2.24) is 20.0 Å². The van der Waals surface area contributed by atoms with Crippen molar-refractivity contribution in [1.29, 1.82) is 0 Å². The lowest BCUT2D eigenvalue weighted by Crippen LogP contribution is -2.56. The van der Waals surface area contributed by atoms with Gasteiger partial charge in [-0.2, -0.15) is 5.10 Å². The van der Waals surface area contributed by atoms with E-state index in [9.17, 15) is 9.59 Å². The molecule has 2 rings (SSSR count). The van der Waals surface area contributed by atoms with Crippen LogP contribution in [0.2, 0.25) is 0 Å². The average molecular weight is 307 g/mol. The van der Waals surface area contributed by atoms with Crippen LogP contribution in [-0.2, 0) is 11.3 Å². The maximum absolute atomic E-state index is 12.4. The number of aromatic nitrogens is 2. The first-order valence-electron chi connectivity index (χ1n) is 7.78. The molecule has 1 aliphatic heterocycles. The molecule has 0 saturated carbocycles. The highest BCUT2D eigenvalue weighted by molar-refractivity contribution is 5.93. The quantitative estimate of drug-likeness (QED) is 0.886. The van der Waals surface area contributed by atoms with E-state index in [1.54, 1.807) is 11.8 Å². The van der Waals surface area contributed by atoms with Gasteiger partial charge in [0.25, 0.3) is 0 Å². The van der Waals surface area contributed by atoms with E-state index in [0.717, 1.165) is 18.7 Å². The molecule has 7 heteroatoms. The van der Waals surface area contributed by atoms with Crippen molar-refractivity contribution >= 4 is 17.8 Å². The summed E-state index contributed by atoms with van der Waals surface area (Å²) in [5, 5.41) is 10.1. The van der Waals surface area contributed by atoms with E-state index in [-0.39, 0.29) is 11.9 Å². The van der Waals surface area contributed by atoms with Crippen LogP contribution in [0.3, 0.4) is 0 Å². The van der Waals surface area contributed by atoms with E-state index in [1.807, 2.05) is 17.7 Å². The molecule has 1 saturated heterocycles. The van der Waals surface area contributed by atoms with Crippen LogP contribution in [0.25, 0.3) is 0 Å². The molecule has 0 spiro atoms. The molecule has 0 aromatic carbocycles. The molecule has 22 heavy (non-hydrogen) atoms. The molecular weight excluding hydrogens is 282 g/mol. The Balaban J connectivity index is 2.06. The Bertz CT molecular complexity index is 552. The Labute approximate surface area is 131 Å². The van der Waals surface area contributed by atoms with Crippen LogP contribution in [-0.4, -0.2) is 45.8 Å². The highest BCUT2D eigenvalue weighted by atomic mass is 16.2. The zero-order chi connectivity index (χ0) is 16.3. The lowest BCUT2D eigenvalue weighted by atomic mass is 10.1. The minimum absolute atomic E-state index is 0.120. The lowest BCUT2D eigenvalue weighted by molar-refractivity contribution is -0.126. The van der Waals surface area contributed by atoms with Gasteiger partial charge in [0.2, 0.25) is 5.91 Å². The monoisotopic (exact) mass is 307 g/mol. The van der Waals surface area contributed by atoms with E-state index in [0.29, 0.717) is 24.8 Å². The molecule has 0 unspecified atom stereocenters. The molecule has 1 fully saturated rings. The van der Waals surface area contributed by atoms with Crippen molar-refractivity contribution < 1.29 is 9.59 Å². The number of aryl methyl sites for hydroxylation is 2. The predicted molar refractivity (Wildman–Crippen MR) is 84.6 cm³/mol. The fraction of sp³-hybridized carbons (Fsp3) is 0.667. The summed E-state index contributed by atoms with van der Waals surface area (Å²) in [5.41, 5.74) is 0.864. The molecule has 2 N–H and O–H groups in total. The molecule has 0 radical (unpaired) electrons. The minimum atomic E-state index is -0.457. The van der Waals surface area contributed by atoms with Crippen LogP contribution in [0.5, 0.6) is 0 Å². The molecule has 122 valence electrons. The maximum Gasteiger partial charge on any atom is 0.323 e. The smallest absolute Gasteiger partial charge is 0.323 e. The lowest BCUT2D eigenvalue weighted by Gasteiger charge is -2.32. The van der Waals surface area contributed by atoms with Crippen LogP contribution >= 0.6 is 0 Å². The first-order chi connectivity index (χ1) is 10.4. The van der Waals surface area contributed by atoms with Crippen LogP contribution < -0.4 is 10.6 Å². The van der Waals surface area contributed by atoms with Gasteiger partial charge in [-0.15, -0.1) is 0 Å². The number of anilines is 1. The highest BCUT2D eigenvalue weighted by Gasteiger charge is 2.29. The zero-order valence-electron chi connectivity index (χ0n) is 13.7. The second-order valence-electron chi connectivity index (χ2n) is 6.17. The standard InChI is InChI=1S/C15H25N5O2/c1-10(2)5-7-20-13(9-11(3)18-20)17-15(22)19-8-6-16-14(21)12(19)4/h9-10,12H,5-8H2,1-4H3,(H,16,21)(H,17,22)/t12-/m0/s1. The number of hydrogen-bond acceptors (Lipinski definition) is 3. The van der Waals surface area contributed by atoms with Gasteiger partial charge in [0.15, 0.2) is 0 Å². The molecule has 0 bridgehead atoms. The normalized spacial score (nSPS) is 18.5. The van der Waals surface area contributed by atoms with Crippen LogP contribution in [0.4, 0.5) is 10.6 Å². The number of carbonyl (C=O) groups excluding carboxylic acids is 2. The van der Waals surface area contributed by atoms with Crippen LogP contribution in [0, 0.1) is 12.8 Å². The SMILES string of the molecule is Cc1cc(NC(=O)N2CCNC(=O)[C@@H]2C)n(CCC(C)C)n1. The van der Waals surface area contributed by atoms with Gasteiger partial charge in [-0.3, -0.25) is 10.1 Å². The Hall–Kier alpha value is -2.05. The van der Waals surface area contributed by atoms with Crippen LogP contribution in [0.1, 0.15) is 32.9 Å². The van der Waals surface area contributed by atoms with Gasteiger partial charge < -0.3 is 10.2 Å². The second kappa shape index (κ2) is 6.81. The highest BCUT2D eigenvalue weighted by Crippen LogP contribution is 2.15. The van der Waals surface area contributed by atoms with Crippen molar-refractivity contribution in [2.24, 2.45) is 5.92 Å². The Morgan fingerprint density at radius 3 is 2.95 bits per heavy atom. The van der Waals surface area contributed by atoms with Gasteiger partial charge >= 0.3 is 6.03 Å². The number of carbonyl (C=O) groups is 2. The Morgan fingerprint density at radius 1 is 1.55 bits per heavy atom. The van der Waals surface area contributed by atoms with Gasteiger partial charge in [-0.05, 0) is 26.2 Å². The molecule has 1 aromatic rings. The summed E-state index contributed by atoms with van der Waals surface area (Å²) in [6.45, 7) is 9.70. The van der Waals surface area contributed by atoms with Crippen LogP contribution in [0.15, 0.2) is 6.07 Å². The third-order valence-electron chi connectivity index (χ3n) is 3.82. The molecular formula is C15H25N5O2. The summed E-state index contributed by atoms with van der Waals surface area (Å²) in [7, 11) is 0. The number of amides is 3. The zero-order valence-corrected chi connectivity index (χ0v) is 13.7. The molecule has 1 atom stereocenters. The van der Waals surface area contributed by atoms with Gasteiger partial charge in [-0.25, -0.2) is 9.48 Å². The topological polar surface area (TPSA) is 79.3 Å². The maximum atomic E-state index is 12.4. The molecule has 7 nitrogen and oxygen atoms in total. The van der Waals surface area contributed by atoms with Gasteiger partial charge in [0, 0.05) is 25.7 Å². The molecule has 1 aliphatic rings. The van der Waals surface area contributed by atoms with Crippen molar-refractivity contribution in [3.63, 3.8) is 0 Å². The first kappa shape index (κ1) is 16.3. The van der Waals surface area contributed by atoms with Crippen molar-refractivity contribution in [2.75, 3.05) is 18.4 Å². The van der Waals surface area contributed by atoms with Crippen molar-refractivity contribution in [2.45, 2.75) is 46.7 Å². The Kier molecular flexibility index (Phi) is 5.05. The van der Waals surface area contributed by atoms with Gasteiger partial charge in [-0.1, -0.05) is 13.8 Å². The molecule has 2 heterocycles. The van der Waals surface area contributed by atoms with E-state index in [2.05, 4.69) is 29.6 Å². The number of nitrogens with one attached hydrogen (secondary N) is 2. The molecule has 3 amide bonds. The number of hydrogen-bond donors (Lipinski definition) is 2. The summed E-state index contributed by atoms with van der Waals surface area (Å²) < 4.78 is 1.82. The van der Waals surface area contributed by atoms with E-state index < -0.39 is 6.04 Å². The predicted octanol–water partition coefficient (Wildman–Crippen LogP) is 1.59. The number of piperazine rings is 1. The fourth-order valence-corrected chi connectivity index (χ4v) is 2.44. The fourth-order valence-electron chi connectivity index (χ4n) is 2.44.